The van der Waals surface area contributed by atoms with Gasteiger partial charge in [0.2, 0.25) is 5.88 Å². The molecule has 3 heterocycles. The van der Waals surface area contributed by atoms with Gasteiger partial charge < -0.3 is 15.5 Å². The van der Waals surface area contributed by atoms with E-state index >= 15 is 0 Å². The van der Waals surface area contributed by atoms with E-state index in [4.69, 9.17) is 10.5 Å². The molecule has 0 unspecified atom stereocenters. The van der Waals surface area contributed by atoms with Crippen LogP contribution in [0.15, 0.2) is 29.5 Å². The number of fused-ring (bicyclic) bond motifs is 1. The zero-order valence-electron chi connectivity index (χ0n) is 11.0. The van der Waals surface area contributed by atoms with Crippen molar-refractivity contribution >= 4 is 16.9 Å². The molecule has 0 radical (unpaired) electrons. The molecule has 3 aromatic rings. The van der Waals surface area contributed by atoms with Gasteiger partial charge in [-0.2, -0.15) is 0 Å². The van der Waals surface area contributed by atoms with Gasteiger partial charge in [-0.15, -0.1) is 5.10 Å². The van der Waals surface area contributed by atoms with Crippen molar-refractivity contribution in [2.75, 3.05) is 5.73 Å². The minimum atomic E-state index is -0.154. The van der Waals surface area contributed by atoms with Crippen molar-refractivity contribution in [2.24, 2.45) is 0 Å². The molecular weight excluding hydrogens is 272 g/mol. The molecule has 8 heteroatoms. The highest BCUT2D eigenvalue weighted by Gasteiger charge is 2.29. The fourth-order valence-corrected chi connectivity index (χ4v) is 2.20. The Balaban J connectivity index is 1.86. The number of ether oxygens (including phenoxy) is 1. The molecule has 0 saturated heterocycles. The highest BCUT2D eigenvalue weighted by atomic mass is 16.5. The third kappa shape index (κ3) is 2.00. The number of H-pyrrole nitrogens is 1. The first-order chi connectivity index (χ1) is 10.2. The Morgan fingerprint density at radius 3 is 3.00 bits per heavy atom. The van der Waals surface area contributed by atoms with Crippen LogP contribution in [0.4, 0.5) is 5.82 Å². The van der Waals surface area contributed by atoms with Crippen LogP contribution in [0, 0.1) is 0 Å². The van der Waals surface area contributed by atoms with Crippen molar-refractivity contribution in [3.8, 4) is 11.8 Å². The smallest absolute Gasteiger partial charge is 0.253 e. The Labute approximate surface area is 118 Å². The normalized spacial score (nSPS) is 14.5. The average molecular weight is 284 g/mol. The number of nitrogens with one attached hydrogen (secondary N) is 1. The first-order valence-corrected chi connectivity index (χ1v) is 6.57. The van der Waals surface area contributed by atoms with Crippen LogP contribution in [-0.2, 0) is 0 Å². The number of anilines is 1. The second-order valence-electron chi connectivity index (χ2n) is 4.93. The number of nitrogens with two attached hydrogens (primary N) is 1. The summed E-state index contributed by atoms with van der Waals surface area (Å²) in [6.07, 6.45) is 5.04. The summed E-state index contributed by atoms with van der Waals surface area (Å²) in [6.45, 7) is 0. The van der Waals surface area contributed by atoms with Crippen molar-refractivity contribution in [1.29, 1.82) is 0 Å². The third-order valence-corrected chi connectivity index (χ3v) is 3.33. The zero-order chi connectivity index (χ0) is 14.4. The largest absolute Gasteiger partial charge is 0.420 e. The van der Waals surface area contributed by atoms with Gasteiger partial charge in [0.25, 0.3) is 5.88 Å². The minimum absolute atomic E-state index is 0.154. The third-order valence-electron chi connectivity index (χ3n) is 3.33. The predicted molar refractivity (Wildman–Crippen MR) is 75.1 cm³/mol. The van der Waals surface area contributed by atoms with E-state index in [0.29, 0.717) is 34.7 Å². The van der Waals surface area contributed by atoms with Gasteiger partial charge in [-0.25, -0.2) is 14.6 Å². The lowest BCUT2D eigenvalue weighted by atomic mass is 10.4. The number of rotatable bonds is 3. The molecule has 8 nitrogen and oxygen atoms in total. The fraction of sp³-hybridized carbons (Fsp3) is 0.231. The van der Waals surface area contributed by atoms with Crippen LogP contribution in [0.2, 0.25) is 0 Å². The van der Waals surface area contributed by atoms with Crippen LogP contribution in [0.3, 0.4) is 0 Å². The van der Waals surface area contributed by atoms with Crippen LogP contribution < -0.4 is 15.9 Å². The van der Waals surface area contributed by atoms with E-state index < -0.39 is 0 Å². The summed E-state index contributed by atoms with van der Waals surface area (Å²) in [4.78, 5) is 22.4. The van der Waals surface area contributed by atoms with Crippen LogP contribution in [0.25, 0.3) is 11.0 Å². The van der Waals surface area contributed by atoms with Crippen molar-refractivity contribution < 1.29 is 4.74 Å². The van der Waals surface area contributed by atoms with Gasteiger partial charge in [-0.1, -0.05) is 0 Å². The first-order valence-electron chi connectivity index (χ1n) is 6.57. The van der Waals surface area contributed by atoms with Crippen molar-refractivity contribution in [3.63, 3.8) is 0 Å². The van der Waals surface area contributed by atoms with Crippen LogP contribution >= 0.6 is 0 Å². The maximum Gasteiger partial charge on any atom is 0.253 e. The molecule has 21 heavy (non-hydrogen) atoms. The van der Waals surface area contributed by atoms with Gasteiger partial charge in [0, 0.05) is 18.3 Å². The quantitative estimate of drug-likeness (QED) is 0.748. The van der Waals surface area contributed by atoms with E-state index in [2.05, 4.69) is 20.1 Å². The van der Waals surface area contributed by atoms with Gasteiger partial charge in [0.15, 0.2) is 11.1 Å². The first kappa shape index (κ1) is 11.9. The summed E-state index contributed by atoms with van der Waals surface area (Å²) in [5.74, 6) is 0.908. The van der Waals surface area contributed by atoms with E-state index in [1.165, 1.54) is 24.7 Å². The topological polar surface area (TPSA) is 112 Å². The molecule has 0 spiro atoms. The summed E-state index contributed by atoms with van der Waals surface area (Å²) in [6, 6.07) is 3.08. The van der Waals surface area contributed by atoms with E-state index in [-0.39, 0.29) is 5.43 Å². The van der Waals surface area contributed by atoms with E-state index in [1.54, 1.807) is 0 Å². The molecule has 0 bridgehead atoms. The molecule has 4 rings (SSSR count). The summed E-state index contributed by atoms with van der Waals surface area (Å²) in [7, 11) is 0. The Kier molecular flexibility index (Phi) is 2.44. The van der Waals surface area contributed by atoms with E-state index in [1.807, 2.05) is 4.68 Å². The average Bonchev–Trinajstić information content (AvgIpc) is 3.23. The van der Waals surface area contributed by atoms with Gasteiger partial charge in [0.1, 0.15) is 17.5 Å². The second-order valence-corrected chi connectivity index (χ2v) is 4.93. The Bertz CT molecular complexity index is 880. The number of aromatic amines is 1. The highest BCUT2D eigenvalue weighted by molar-refractivity contribution is 5.90. The molecule has 0 aliphatic heterocycles. The molecule has 0 amide bonds. The number of pyridine rings is 1. The number of hydrogen-bond acceptors (Lipinski definition) is 6. The maximum atomic E-state index is 11.4. The van der Waals surface area contributed by atoms with Crippen LogP contribution in [0.1, 0.15) is 18.9 Å². The number of hydrogen-bond donors (Lipinski definition) is 2. The Hall–Kier alpha value is -2.90. The lowest BCUT2D eigenvalue weighted by molar-refractivity contribution is 0.436. The molecule has 3 N–H and O–H groups in total. The van der Waals surface area contributed by atoms with Crippen molar-refractivity contribution in [3.05, 3.63) is 34.9 Å². The Morgan fingerprint density at radius 1 is 1.38 bits per heavy atom. The summed E-state index contributed by atoms with van der Waals surface area (Å²) >= 11 is 0. The maximum absolute atomic E-state index is 11.4. The Morgan fingerprint density at radius 2 is 2.24 bits per heavy atom. The lowest BCUT2D eigenvalue weighted by Gasteiger charge is -2.01. The van der Waals surface area contributed by atoms with Crippen molar-refractivity contribution in [1.82, 2.24) is 24.7 Å². The number of nitrogen functional groups attached to an aromatic ring is 1. The van der Waals surface area contributed by atoms with Crippen molar-refractivity contribution in [2.45, 2.75) is 18.9 Å². The molecular formula is C13H12N6O2. The molecule has 0 atom stereocenters. The highest BCUT2D eigenvalue weighted by Crippen LogP contribution is 2.40. The van der Waals surface area contributed by atoms with E-state index in [9.17, 15) is 4.79 Å². The standard InChI is InChI=1S/C13H12N6O2/c14-11-10-12(17-6-16-11)19(7-1-2-7)18-13(10)21-9-5-8(20)3-4-15-9/h3-7H,1-2H2,(H,15,20)(H2,14,16,17). The predicted octanol–water partition coefficient (Wildman–Crippen LogP) is 1.22. The second kappa shape index (κ2) is 4.30. The molecule has 0 aromatic carbocycles. The SMILES string of the molecule is Nc1ncnc2c1c(Oc1cc(=O)cc[nH]1)nn2C1CC1. The van der Waals surface area contributed by atoms with Crippen LogP contribution in [-0.4, -0.2) is 24.7 Å². The van der Waals surface area contributed by atoms with E-state index in [0.717, 1.165) is 12.8 Å². The monoisotopic (exact) mass is 284 g/mol. The lowest BCUT2D eigenvalue weighted by Crippen LogP contribution is -2.00. The molecule has 106 valence electrons. The van der Waals surface area contributed by atoms with Gasteiger partial charge in [0.05, 0.1) is 6.04 Å². The number of aromatic nitrogens is 5. The fourth-order valence-electron chi connectivity index (χ4n) is 2.20. The molecule has 1 saturated carbocycles. The van der Waals surface area contributed by atoms with Gasteiger partial charge in [-0.3, -0.25) is 4.79 Å². The summed E-state index contributed by atoms with van der Waals surface area (Å²) < 4.78 is 7.47. The molecule has 1 aliphatic carbocycles. The zero-order valence-corrected chi connectivity index (χ0v) is 11.0. The van der Waals surface area contributed by atoms with Gasteiger partial charge >= 0.3 is 0 Å². The summed E-state index contributed by atoms with van der Waals surface area (Å²) in [5, 5.41) is 4.99. The van der Waals surface area contributed by atoms with Crippen LogP contribution in [0.5, 0.6) is 11.8 Å². The summed E-state index contributed by atoms with van der Waals surface area (Å²) in [5.41, 5.74) is 6.42. The number of nitrogens with zero attached hydrogens (tertiary/aromatic N) is 4. The van der Waals surface area contributed by atoms with Gasteiger partial charge in [-0.05, 0) is 12.8 Å². The molecule has 1 aliphatic rings. The minimum Gasteiger partial charge on any atom is -0.420 e. The molecule has 3 aromatic heterocycles. The molecule has 1 fully saturated rings.